The molecule has 0 spiro atoms. The van der Waals surface area contributed by atoms with Crippen molar-refractivity contribution in [1.29, 1.82) is 0 Å². The fourth-order valence-electron chi connectivity index (χ4n) is 1.20. The van der Waals surface area contributed by atoms with Crippen LogP contribution in [0.4, 0.5) is 0 Å². The minimum Gasteiger partial charge on any atom is -0.393 e. The van der Waals surface area contributed by atoms with E-state index in [9.17, 15) is 4.79 Å². The van der Waals surface area contributed by atoms with Crippen molar-refractivity contribution in [2.75, 3.05) is 7.05 Å². The number of thiocarbonyl (C=S) groups is 1. The van der Waals surface area contributed by atoms with Gasteiger partial charge in [0, 0.05) is 7.05 Å². The number of H-pyrrole nitrogens is 1. The van der Waals surface area contributed by atoms with Crippen molar-refractivity contribution in [2.24, 2.45) is 11.7 Å². The van der Waals surface area contributed by atoms with Crippen LogP contribution in [-0.4, -0.2) is 38.0 Å². The Labute approximate surface area is 99.2 Å². The van der Waals surface area contributed by atoms with E-state index in [1.54, 1.807) is 20.9 Å². The molecule has 0 radical (unpaired) electrons. The SMILES string of the molecule is Cc1nc(CN(C)C(=O)C(C)C(N)=S)n[nH]1. The van der Waals surface area contributed by atoms with Crippen LogP contribution in [0.2, 0.25) is 0 Å². The molecule has 1 aromatic rings. The third-order valence-electron chi connectivity index (χ3n) is 2.20. The fraction of sp³-hybridized carbons (Fsp3) is 0.556. The predicted octanol–water partition coefficient (Wildman–Crippen LogP) is -0.00628. The van der Waals surface area contributed by atoms with Gasteiger partial charge in [-0.1, -0.05) is 12.2 Å². The van der Waals surface area contributed by atoms with Gasteiger partial charge in [0.1, 0.15) is 5.82 Å². The standard InChI is InChI=1S/C9H15N5OS/c1-5(8(10)16)9(15)14(3)4-7-11-6(2)12-13-7/h5H,4H2,1-3H3,(H2,10,16)(H,11,12,13). The van der Waals surface area contributed by atoms with Crippen LogP contribution in [0.1, 0.15) is 18.6 Å². The fourth-order valence-corrected chi connectivity index (χ4v) is 1.30. The van der Waals surface area contributed by atoms with Crippen molar-refractivity contribution in [1.82, 2.24) is 20.1 Å². The Morgan fingerprint density at radius 3 is 2.75 bits per heavy atom. The zero-order valence-electron chi connectivity index (χ0n) is 9.52. The number of nitrogens with one attached hydrogen (secondary N) is 1. The normalized spacial score (nSPS) is 12.2. The van der Waals surface area contributed by atoms with Crippen LogP contribution in [0.15, 0.2) is 0 Å². The number of aryl methyl sites for hydroxylation is 1. The Bertz CT molecular complexity index is 402. The number of hydrogen-bond donors (Lipinski definition) is 2. The van der Waals surface area contributed by atoms with Gasteiger partial charge < -0.3 is 10.6 Å². The van der Waals surface area contributed by atoms with E-state index in [2.05, 4.69) is 15.2 Å². The first-order valence-corrected chi connectivity index (χ1v) is 5.24. The Kier molecular flexibility index (Phi) is 3.94. The second-order valence-corrected chi connectivity index (χ2v) is 4.13. The molecule has 0 aromatic carbocycles. The van der Waals surface area contributed by atoms with E-state index in [0.717, 1.165) is 5.82 Å². The number of rotatable bonds is 4. The predicted molar refractivity (Wildman–Crippen MR) is 63.5 cm³/mol. The molecule has 1 aromatic heterocycles. The van der Waals surface area contributed by atoms with Crippen LogP contribution in [0.3, 0.4) is 0 Å². The summed E-state index contributed by atoms with van der Waals surface area (Å²) in [6, 6.07) is 0. The van der Waals surface area contributed by atoms with Crippen molar-refractivity contribution in [3.05, 3.63) is 11.6 Å². The van der Waals surface area contributed by atoms with Gasteiger partial charge in [0.25, 0.3) is 0 Å². The summed E-state index contributed by atoms with van der Waals surface area (Å²) in [5, 5.41) is 6.66. The zero-order valence-corrected chi connectivity index (χ0v) is 10.3. The Morgan fingerprint density at radius 2 is 2.31 bits per heavy atom. The molecule has 0 saturated heterocycles. The molecule has 0 saturated carbocycles. The Hall–Kier alpha value is -1.50. The number of carbonyl (C=O) groups is 1. The highest BCUT2D eigenvalue weighted by Gasteiger charge is 2.20. The van der Waals surface area contributed by atoms with Crippen LogP contribution in [0.25, 0.3) is 0 Å². The van der Waals surface area contributed by atoms with E-state index in [0.29, 0.717) is 12.4 Å². The van der Waals surface area contributed by atoms with Crippen LogP contribution in [-0.2, 0) is 11.3 Å². The molecule has 88 valence electrons. The van der Waals surface area contributed by atoms with E-state index < -0.39 is 5.92 Å². The van der Waals surface area contributed by atoms with Crippen molar-refractivity contribution < 1.29 is 4.79 Å². The molecule has 7 heteroatoms. The Morgan fingerprint density at radius 1 is 1.69 bits per heavy atom. The summed E-state index contributed by atoms with van der Waals surface area (Å²) >= 11 is 4.78. The third kappa shape index (κ3) is 2.99. The maximum atomic E-state index is 11.8. The second-order valence-electron chi connectivity index (χ2n) is 3.66. The van der Waals surface area contributed by atoms with Gasteiger partial charge >= 0.3 is 0 Å². The average Bonchev–Trinajstić information content (AvgIpc) is 2.61. The molecular formula is C9H15N5OS. The maximum absolute atomic E-state index is 11.8. The van der Waals surface area contributed by atoms with Crippen molar-refractivity contribution >= 4 is 23.1 Å². The highest BCUT2D eigenvalue weighted by molar-refractivity contribution is 7.80. The lowest BCUT2D eigenvalue weighted by atomic mass is 10.1. The summed E-state index contributed by atoms with van der Waals surface area (Å²) in [5.41, 5.74) is 5.42. The summed E-state index contributed by atoms with van der Waals surface area (Å²) in [7, 11) is 1.67. The first-order valence-electron chi connectivity index (χ1n) is 4.84. The van der Waals surface area contributed by atoms with Gasteiger partial charge in [-0.3, -0.25) is 9.89 Å². The molecule has 0 aliphatic carbocycles. The van der Waals surface area contributed by atoms with E-state index in [1.165, 1.54) is 4.90 Å². The van der Waals surface area contributed by atoms with Gasteiger partial charge in [-0.25, -0.2) is 4.98 Å². The number of amides is 1. The first kappa shape index (κ1) is 12.6. The van der Waals surface area contributed by atoms with Crippen LogP contribution >= 0.6 is 12.2 Å². The highest BCUT2D eigenvalue weighted by Crippen LogP contribution is 2.04. The Balaban J connectivity index is 2.62. The van der Waals surface area contributed by atoms with Gasteiger partial charge in [-0.2, -0.15) is 5.10 Å². The van der Waals surface area contributed by atoms with Crippen LogP contribution in [0, 0.1) is 12.8 Å². The van der Waals surface area contributed by atoms with E-state index in [1.807, 2.05) is 0 Å². The van der Waals surface area contributed by atoms with Crippen molar-refractivity contribution in [2.45, 2.75) is 20.4 Å². The number of nitrogens with two attached hydrogens (primary N) is 1. The number of aromatic amines is 1. The lowest BCUT2D eigenvalue weighted by Crippen LogP contribution is -2.37. The van der Waals surface area contributed by atoms with Crippen LogP contribution < -0.4 is 5.73 Å². The molecule has 1 heterocycles. The second kappa shape index (κ2) is 5.02. The molecule has 3 N–H and O–H groups in total. The van der Waals surface area contributed by atoms with Gasteiger partial charge in [0.2, 0.25) is 5.91 Å². The largest absolute Gasteiger partial charge is 0.393 e. The monoisotopic (exact) mass is 241 g/mol. The van der Waals surface area contributed by atoms with Crippen molar-refractivity contribution in [3.8, 4) is 0 Å². The van der Waals surface area contributed by atoms with E-state index in [-0.39, 0.29) is 10.9 Å². The van der Waals surface area contributed by atoms with E-state index >= 15 is 0 Å². The average molecular weight is 241 g/mol. The summed E-state index contributed by atoms with van der Waals surface area (Å²) in [5.74, 6) is 0.705. The quantitative estimate of drug-likeness (QED) is 0.724. The lowest BCUT2D eigenvalue weighted by Gasteiger charge is -2.19. The molecule has 0 bridgehead atoms. The minimum atomic E-state index is -0.458. The van der Waals surface area contributed by atoms with Gasteiger partial charge in [0.15, 0.2) is 5.82 Å². The molecule has 0 aliphatic heterocycles. The van der Waals surface area contributed by atoms with Gasteiger partial charge in [-0.15, -0.1) is 0 Å². The van der Waals surface area contributed by atoms with Crippen LogP contribution in [0.5, 0.6) is 0 Å². The molecule has 1 unspecified atom stereocenters. The zero-order chi connectivity index (χ0) is 12.3. The number of nitrogens with zero attached hydrogens (tertiary/aromatic N) is 3. The summed E-state index contributed by atoms with van der Waals surface area (Å²) in [6.07, 6.45) is 0. The third-order valence-corrected chi connectivity index (χ3v) is 2.55. The first-order chi connectivity index (χ1) is 7.41. The lowest BCUT2D eigenvalue weighted by molar-refractivity contribution is -0.132. The number of aromatic nitrogens is 3. The number of hydrogen-bond acceptors (Lipinski definition) is 4. The van der Waals surface area contributed by atoms with Crippen molar-refractivity contribution in [3.63, 3.8) is 0 Å². The number of carbonyl (C=O) groups excluding carboxylic acids is 1. The molecule has 16 heavy (non-hydrogen) atoms. The molecule has 1 rings (SSSR count). The maximum Gasteiger partial charge on any atom is 0.232 e. The molecule has 1 amide bonds. The summed E-state index contributed by atoms with van der Waals surface area (Å²) in [6.45, 7) is 3.83. The molecule has 1 atom stereocenters. The van der Waals surface area contributed by atoms with E-state index in [4.69, 9.17) is 18.0 Å². The summed E-state index contributed by atoms with van der Waals surface area (Å²) < 4.78 is 0. The minimum absolute atomic E-state index is 0.130. The van der Waals surface area contributed by atoms with Gasteiger partial charge in [-0.05, 0) is 13.8 Å². The highest BCUT2D eigenvalue weighted by atomic mass is 32.1. The molecule has 0 aliphatic rings. The smallest absolute Gasteiger partial charge is 0.232 e. The topological polar surface area (TPSA) is 87.9 Å². The molecule has 6 nitrogen and oxygen atoms in total. The molecule has 0 fully saturated rings. The summed E-state index contributed by atoms with van der Waals surface area (Å²) in [4.78, 5) is 17.6. The molecular weight excluding hydrogens is 226 g/mol. The van der Waals surface area contributed by atoms with Gasteiger partial charge in [0.05, 0.1) is 17.5 Å².